The van der Waals surface area contributed by atoms with Gasteiger partial charge in [-0.3, -0.25) is 9.59 Å². The molecule has 1 rings (SSSR count). The zero-order valence-electron chi connectivity index (χ0n) is 12.7. The molecule has 120 valence electrons. The van der Waals surface area contributed by atoms with Crippen molar-refractivity contribution in [3.63, 3.8) is 0 Å². The predicted octanol–water partition coefficient (Wildman–Crippen LogP) is 0.655. The van der Waals surface area contributed by atoms with E-state index in [1.165, 1.54) is 4.90 Å². The number of likely N-dealkylation sites (N-methyl/N-ethyl adjacent to an activating group) is 2. The summed E-state index contributed by atoms with van der Waals surface area (Å²) in [6, 6.07) is -0.320. The summed E-state index contributed by atoms with van der Waals surface area (Å²) in [5.74, 6) is -1.38. The molecule has 1 aliphatic rings. The molecule has 0 bridgehead atoms. The fourth-order valence-corrected chi connectivity index (χ4v) is 2.69. The molecule has 7 heteroatoms. The van der Waals surface area contributed by atoms with E-state index in [2.05, 4.69) is 10.6 Å². The highest BCUT2D eigenvalue weighted by Crippen LogP contribution is 2.31. The maximum absolute atomic E-state index is 12.0. The Hall–Kier alpha value is -1.79. The van der Waals surface area contributed by atoms with Gasteiger partial charge in [0.15, 0.2) is 0 Å². The monoisotopic (exact) mass is 299 g/mol. The van der Waals surface area contributed by atoms with Crippen LogP contribution in [-0.4, -0.2) is 54.1 Å². The zero-order chi connectivity index (χ0) is 15.8. The van der Waals surface area contributed by atoms with E-state index >= 15 is 0 Å². The maximum Gasteiger partial charge on any atom is 0.317 e. The summed E-state index contributed by atoms with van der Waals surface area (Å²) in [6.45, 7) is 4.94. The highest BCUT2D eigenvalue weighted by atomic mass is 16.4. The summed E-state index contributed by atoms with van der Waals surface area (Å²) >= 11 is 0. The van der Waals surface area contributed by atoms with E-state index in [-0.39, 0.29) is 30.3 Å². The predicted molar refractivity (Wildman–Crippen MR) is 77.8 cm³/mol. The minimum atomic E-state index is -0.790. The standard InChI is InChI=1S/C14H25N3O4/c1-3-15-12(18)9-17(4-2)14(21)16-8-10-6-5-7-11(10)13(19)20/h10-11H,3-9H2,1-2H3,(H,15,18)(H,16,21)(H,19,20). The van der Waals surface area contributed by atoms with Crippen LogP contribution in [0.4, 0.5) is 4.79 Å². The van der Waals surface area contributed by atoms with Crippen molar-refractivity contribution < 1.29 is 19.5 Å². The van der Waals surface area contributed by atoms with E-state index in [0.29, 0.717) is 26.1 Å². The van der Waals surface area contributed by atoms with Crippen LogP contribution in [0.1, 0.15) is 33.1 Å². The molecule has 0 aromatic carbocycles. The molecule has 1 fully saturated rings. The molecular weight excluding hydrogens is 274 g/mol. The molecule has 0 radical (unpaired) electrons. The minimum absolute atomic E-state index is 0.0171. The molecular formula is C14H25N3O4. The van der Waals surface area contributed by atoms with Crippen LogP contribution in [0.25, 0.3) is 0 Å². The van der Waals surface area contributed by atoms with Gasteiger partial charge in [0, 0.05) is 19.6 Å². The molecule has 1 aliphatic carbocycles. The number of amides is 3. The van der Waals surface area contributed by atoms with Crippen molar-refractivity contribution in [3.8, 4) is 0 Å². The van der Waals surface area contributed by atoms with Crippen LogP contribution in [0.2, 0.25) is 0 Å². The summed E-state index contributed by atoms with van der Waals surface area (Å²) in [7, 11) is 0. The summed E-state index contributed by atoms with van der Waals surface area (Å²) < 4.78 is 0. The van der Waals surface area contributed by atoms with E-state index in [1.807, 2.05) is 6.92 Å². The van der Waals surface area contributed by atoms with Gasteiger partial charge in [0.05, 0.1) is 5.92 Å². The van der Waals surface area contributed by atoms with Crippen molar-refractivity contribution >= 4 is 17.9 Å². The maximum atomic E-state index is 12.0. The summed E-state index contributed by atoms with van der Waals surface area (Å²) in [4.78, 5) is 36.0. The first-order valence-electron chi connectivity index (χ1n) is 7.51. The van der Waals surface area contributed by atoms with Gasteiger partial charge in [0.1, 0.15) is 6.54 Å². The van der Waals surface area contributed by atoms with Gasteiger partial charge in [-0.15, -0.1) is 0 Å². The normalized spacial score (nSPS) is 20.9. The number of carbonyl (C=O) groups excluding carboxylic acids is 2. The van der Waals surface area contributed by atoms with Gasteiger partial charge >= 0.3 is 12.0 Å². The van der Waals surface area contributed by atoms with E-state index < -0.39 is 5.97 Å². The lowest BCUT2D eigenvalue weighted by Gasteiger charge is -2.23. The first-order valence-corrected chi connectivity index (χ1v) is 7.51. The number of aliphatic carboxylic acids is 1. The summed E-state index contributed by atoms with van der Waals surface area (Å²) in [5, 5.41) is 14.5. The van der Waals surface area contributed by atoms with Crippen LogP contribution in [0.15, 0.2) is 0 Å². The summed E-state index contributed by atoms with van der Waals surface area (Å²) in [6.07, 6.45) is 2.37. The highest BCUT2D eigenvalue weighted by Gasteiger charge is 2.33. The summed E-state index contributed by atoms with van der Waals surface area (Å²) in [5.41, 5.74) is 0. The number of rotatable bonds is 7. The van der Waals surface area contributed by atoms with E-state index in [9.17, 15) is 14.4 Å². The second-order valence-electron chi connectivity index (χ2n) is 5.29. The molecule has 21 heavy (non-hydrogen) atoms. The SMILES string of the molecule is CCNC(=O)CN(CC)C(=O)NCC1CCCC1C(=O)O. The number of hydrogen-bond acceptors (Lipinski definition) is 3. The Kier molecular flexibility index (Phi) is 6.98. The zero-order valence-corrected chi connectivity index (χ0v) is 12.7. The fourth-order valence-electron chi connectivity index (χ4n) is 2.69. The average Bonchev–Trinajstić information content (AvgIpc) is 2.91. The van der Waals surface area contributed by atoms with Crippen LogP contribution < -0.4 is 10.6 Å². The topological polar surface area (TPSA) is 98.7 Å². The number of carbonyl (C=O) groups is 3. The molecule has 0 aromatic rings. The quantitative estimate of drug-likeness (QED) is 0.643. The Labute approximate surface area is 125 Å². The average molecular weight is 299 g/mol. The Morgan fingerprint density at radius 1 is 1.19 bits per heavy atom. The Balaban J connectivity index is 2.43. The lowest BCUT2D eigenvalue weighted by Crippen LogP contribution is -2.46. The number of nitrogens with zero attached hydrogens (tertiary/aromatic N) is 1. The molecule has 3 amide bonds. The van der Waals surface area contributed by atoms with Gasteiger partial charge in [-0.25, -0.2) is 4.79 Å². The third-order valence-electron chi connectivity index (χ3n) is 3.87. The van der Waals surface area contributed by atoms with Gasteiger partial charge in [0.25, 0.3) is 0 Å². The van der Waals surface area contributed by atoms with Gasteiger partial charge in [-0.1, -0.05) is 6.42 Å². The van der Waals surface area contributed by atoms with Gasteiger partial charge in [-0.2, -0.15) is 0 Å². The van der Waals surface area contributed by atoms with E-state index in [0.717, 1.165) is 12.8 Å². The molecule has 1 saturated carbocycles. The number of carboxylic acid groups (broad SMARTS) is 1. The highest BCUT2D eigenvalue weighted by molar-refractivity contribution is 5.84. The Bertz CT molecular complexity index is 386. The third kappa shape index (κ3) is 5.24. The number of hydrogen-bond donors (Lipinski definition) is 3. The molecule has 3 N–H and O–H groups in total. The lowest BCUT2D eigenvalue weighted by atomic mass is 9.96. The van der Waals surface area contributed by atoms with Gasteiger partial charge < -0.3 is 20.6 Å². The third-order valence-corrected chi connectivity index (χ3v) is 3.87. The minimum Gasteiger partial charge on any atom is -0.481 e. The van der Waals surface area contributed by atoms with Gasteiger partial charge in [0.2, 0.25) is 5.91 Å². The molecule has 0 aliphatic heterocycles. The smallest absolute Gasteiger partial charge is 0.317 e. The largest absolute Gasteiger partial charge is 0.481 e. The van der Waals surface area contributed by atoms with Crippen LogP contribution in [0.3, 0.4) is 0 Å². The van der Waals surface area contributed by atoms with Crippen molar-refractivity contribution in [2.24, 2.45) is 11.8 Å². The molecule has 0 aromatic heterocycles. The molecule has 0 heterocycles. The van der Waals surface area contributed by atoms with Crippen LogP contribution >= 0.6 is 0 Å². The van der Waals surface area contributed by atoms with Crippen molar-refractivity contribution in [1.82, 2.24) is 15.5 Å². The molecule has 0 spiro atoms. The number of nitrogens with one attached hydrogen (secondary N) is 2. The Morgan fingerprint density at radius 2 is 1.90 bits per heavy atom. The van der Waals surface area contributed by atoms with Crippen LogP contribution in [0.5, 0.6) is 0 Å². The number of urea groups is 1. The second kappa shape index (κ2) is 8.49. The first kappa shape index (κ1) is 17.3. The van der Waals surface area contributed by atoms with Gasteiger partial charge in [-0.05, 0) is 32.6 Å². The van der Waals surface area contributed by atoms with Crippen molar-refractivity contribution in [1.29, 1.82) is 0 Å². The first-order chi connectivity index (χ1) is 9.99. The second-order valence-corrected chi connectivity index (χ2v) is 5.29. The molecule has 2 atom stereocenters. The van der Waals surface area contributed by atoms with Crippen molar-refractivity contribution in [2.45, 2.75) is 33.1 Å². The van der Waals surface area contributed by atoms with Crippen molar-refractivity contribution in [2.75, 3.05) is 26.2 Å². The fraction of sp³-hybridized carbons (Fsp3) is 0.786. The molecule has 7 nitrogen and oxygen atoms in total. The lowest BCUT2D eigenvalue weighted by molar-refractivity contribution is -0.142. The molecule has 0 saturated heterocycles. The molecule has 2 unspecified atom stereocenters. The van der Waals surface area contributed by atoms with E-state index in [1.54, 1.807) is 6.92 Å². The van der Waals surface area contributed by atoms with Crippen LogP contribution in [-0.2, 0) is 9.59 Å². The van der Waals surface area contributed by atoms with E-state index in [4.69, 9.17) is 5.11 Å². The Morgan fingerprint density at radius 3 is 2.48 bits per heavy atom. The number of carboxylic acids is 1. The van der Waals surface area contributed by atoms with Crippen molar-refractivity contribution in [3.05, 3.63) is 0 Å². The van der Waals surface area contributed by atoms with Crippen LogP contribution in [0, 0.1) is 11.8 Å².